The predicted molar refractivity (Wildman–Crippen MR) is 77.0 cm³/mol. The van der Waals surface area contributed by atoms with Crippen molar-refractivity contribution < 1.29 is 31.5 Å². The van der Waals surface area contributed by atoms with Crippen molar-refractivity contribution in [3.63, 3.8) is 0 Å². The zero-order valence-electron chi connectivity index (χ0n) is 12.3. The fourth-order valence-corrected chi connectivity index (χ4v) is 1.85. The molecule has 2 aromatic carbocycles. The standard InChI is InChI=1S/C16H9F5N2O2/c17-10-1-3-12(13(18)6-10)15(24)23-11-2-4-14(9(5-11)7-22)25-8-16(19,20)21/h1-6H,8H2,(H,23,24). The average molecular weight is 356 g/mol. The molecule has 0 aromatic heterocycles. The number of hydrogen-bond donors (Lipinski definition) is 1. The number of rotatable bonds is 4. The number of nitrogens with one attached hydrogen (secondary N) is 1. The molecule has 0 saturated carbocycles. The first-order valence-electron chi connectivity index (χ1n) is 6.70. The second-order valence-corrected chi connectivity index (χ2v) is 4.80. The first-order chi connectivity index (χ1) is 11.7. The smallest absolute Gasteiger partial charge is 0.422 e. The third-order valence-electron chi connectivity index (χ3n) is 2.92. The van der Waals surface area contributed by atoms with Crippen LogP contribution >= 0.6 is 0 Å². The van der Waals surface area contributed by atoms with Crippen LogP contribution in [-0.2, 0) is 0 Å². The van der Waals surface area contributed by atoms with Crippen molar-refractivity contribution in [3.05, 3.63) is 59.2 Å². The van der Waals surface area contributed by atoms with Crippen LogP contribution in [0.15, 0.2) is 36.4 Å². The maximum atomic E-state index is 13.5. The molecule has 0 aliphatic carbocycles. The van der Waals surface area contributed by atoms with E-state index in [0.717, 1.165) is 24.3 Å². The second kappa shape index (κ2) is 7.17. The molecule has 4 nitrogen and oxygen atoms in total. The maximum Gasteiger partial charge on any atom is 0.422 e. The number of nitriles is 1. The third kappa shape index (κ3) is 4.91. The van der Waals surface area contributed by atoms with Crippen molar-refractivity contribution in [3.8, 4) is 11.8 Å². The van der Waals surface area contributed by atoms with E-state index in [1.165, 1.54) is 6.07 Å². The number of nitrogens with zero attached hydrogens (tertiary/aromatic N) is 1. The van der Waals surface area contributed by atoms with Crippen molar-refractivity contribution in [1.82, 2.24) is 0 Å². The number of benzene rings is 2. The Morgan fingerprint density at radius 3 is 2.48 bits per heavy atom. The Morgan fingerprint density at radius 2 is 1.88 bits per heavy atom. The summed E-state index contributed by atoms with van der Waals surface area (Å²) in [5, 5.41) is 11.2. The summed E-state index contributed by atoms with van der Waals surface area (Å²) in [7, 11) is 0. The minimum absolute atomic E-state index is 0.0321. The highest BCUT2D eigenvalue weighted by atomic mass is 19.4. The van der Waals surface area contributed by atoms with E-state index in [4.69, 9.17) is 5.26 Å². The van der Waals surface area contributed by atoms with Crippen LogP contribution in [0.25, 0.3) is 0 Å². The molecule has 9 heteroatoms. The molecular formula is C16H9F5N2O2. The van der Waals surface area contributed by atoms with Crippen LogP contribution < -0.4 is 10.1 Å². The fourth-order valence-electron chi connectivity index (χ4n) is 1.85. The molecule has 0 heterocycles. The quantitative estimate of drug-likeness (QED) is 0.842. The van der Waals surface area contributed by atoms with Crippen molar-refractivity contribution in [2.24, 2.45) is 0 Å². The van der Waals surface area contributed by atoms with E-state index in [9.17, 15) is 26.7 Å². The summed E-state index contributed by atoms with van der Waals surface area (Å²) in [6.45, 7) is -1.58. The molecule has 2 aromatic rings. The lowest BCUT2D eigenvalue weighted by molar-refractivity contribution is -0.153. The molecule has 0 aliphatic rings. The molecule has 0 spiro atoms. The van der Waals surface area contributed by atoms with Gasteiger partial charge in [0.15, 0.2) is 6.61 Å². The van der Waals surface area contributed by atoms with Gasteiger partial charge in [0.1, 0.15) is 23.5 Å². The monoisotopic (exact) mass is 356 g/mol. The largest absolute Gasteiger partial charge is 0.483 e. The van der Waals surface area contributed by atoms with Crippen LogP contribution in [0.2, 0.25) is 0 Å². The Morgan fingerprint density at radius 1 is 1.16 bits per heavy atom. The number of carbonyl (C=O) groups is 1. The number of hydrogen-bond acceptors (Lipinski definition) is 3. The van der Waals surface area contributed by atoms with Crippen molar-refractivity contribution in [1.29, 1.82) is 5.26 Å². The Hall–Kier alpha value is -3.15. The van der Waals surface area contributed by atoms with E-state index in [1.807, 2.05) is 0 Å². The number of carbonyl (C=O) groups excluding carboxylic acids is 1. The summed E-state index contributed by atoms with van der Waals surface area (Å²) in [6, 6.07) is 7.33. The van der Waals surface area contributed by atoms with Crippen LogP contribution in [0.3, 0.4) is 0 Å². The molecule has 0 atom stereocenters. The zero-order valence-corrected chi connectivity index (χ0v) is 12.3. The van der Waals surface area contributed by atoms with E-state index in [-0.39, 0.29) is 17.0 Å². The van der Waals surface area contributed by atoms with Gasteiger partial charge in [-0.05, 0) is 30.3 Å². The molecule has 0 saturated heterocycles. The molecule has 0 bridgehead atoms. The van der Waals surface area contributed by atoms with Gasteiger partial charge in [-0.15, -0.1) is 0 Å². The zero-order chi connectivity index (χ0) is 18.6. The average Bonchev–Trinajstić information content (AvgIpc) is 2.52. The Labute approximate surface area is 138 Å². The number of amides is 1. The fraction of sp³-hybridized carbons (Fsp3) is 0.125. The van der Waals surface area contributed by atoms with Gasteiger partial charge in [0.25, 0.3) is 5.91 Å². The van der Waals surface area contributed by atoms with E-state index in [2.05, 4.69) is 10.1 Å². The SMILES string of the molecule is N#Cc1cc(NC(=O)c2ccc(F)cc2F)ccc1OCC(F)(F)F. The molecular weight excluding hydrogens is 347 g/mol. The van der Waals surface area contributed by atoms with Gasteiger partial charge >= 0.3 is 6.18 Å². The third-order valence-corrected chi connectivity index (χ3v) is 2.92. The van der Waals surface area contributed by atoms with Gasteiger partial charge < -0.3 is 10.1 Å². The number of anilines is 1. The van der Waals surface area contributed by atoms with Crippen LogP contribution in [0.4, 0.5) is 27.6 Å². The van der Waals surface area contributed by atoms with E-state index < -0.39 is 35.9 Å². The molecule has 2 rings (SSSR count). The minimum Gasteiger partial charge on any atom is -0.483 e. The highest BCUT2D eigenvalue weighted by Gasteiger charge is 2.29. The van der Waals surface area contributed by atoms with E-state index in [1.54, 1.807) is 6.07 Å². The Bertz CT molecular complexity index is 843. The molecule has 0 unspecified atom stereocenters. The first-order valence-corrected chi connectivity index (χ1v) is 6.70. The maximum absolute atomic E-state index is 13.5. The number of alkyl halides is 3. The number of halogens is 5. The van der Waals surface area contributed by atoms with Crippen LogP contribution in [0, 0.1) is 23.0 Å². The normalized spacial score (nSPS) is 10.9. The molecule has 0 aliphatic heterocycles. The Kier molecular flexibility index (Phi) is 5.22. The van der Waals surface area contributed by atoms with Gasteiger partial charge in [-0.2, -0.15) is 18.4 Å². The molecule has 1 N–H and O–H groups in total. The highest BCUT2D eigenvalue weighted by Crippen LogP contribution is 2.25. The highest BCUT2D eigenvalue weighted by molar-refractivity contribution is 6.04. The van der Waals surface area contributed by atoms with Gasteiger partial charge in [-0.3, -0.25) is 4.79 Å². The summed E-state index contributed by atoms with van der Waals surface area (Å²) in [5.41, 5.74) is -0.649. The second-order valence-electron chi connectivity index (χ2n) is 4.80. The lowest BCUT2D eigenvalue weighted by Crippen LogP contribution is -2.19. The van der Waals surface area contributed by atoms with Gasteiger partial charge in [0.2, 0.25) is 0 Å². The summed E-state index contributed by atoms with van der Waals surface area (Å²) < 4.78 is 67.4. The molecule has 0 radical (unpaired) electrons. The molecule has 0 fully saturated rings. The number of ether oxygens (including phenoxy) is 1. The van der Waals surface area contributed by atoms with Crippen LogP contribution in [-0.4, -0.2) is 18.7 Å². The van der Waals surface area contributed by atoms with Gasteiger partial charge in [0, 0.05) is 11.8 Å². The lowest BCUT2D eigenvalue weighted by atomic mass is 10.1. The van der Waals surface area contributed by atoms with Crippen molar-refractivity contribution >= 4 is 11.6 Å². The van der Waals surface area contributed by atoms with Gasteiger partial charge in [-0.25, -0.2) is 8.78 Å². The van der Waals surface area contributed by atoms with Crippen molar-refractivity contribution in [2.75, 3.05) is 11.9 Å². The topological polar surface area (TPSA) is 62.1 Å². The summed E-state index contributed by atoms with van der Waals surface area (Å²) in [6.07, 6.45) is -4.57. The van der Waals surface area contributed by atoms with E-state index >= 15 is 0 Å². The minimum atomic E-state index is -4.57. The predicted octanol–water partition coefficient (Wildman–Crippen LogP) is 4.03. The van der Waals surface area contributed by atoms with Crippen LogP contribution in [0.5, 0.6) is 5.75 Å². The molecule has 130 valence electrons. The van der Waals surface area contributed by atoms with Crippen molar-refractivity contribution in [2.45, 2.75) is 6.18 Å². The Balaban J connectivity index is 2.17. The summed E-state index contributed by atoms with van der Waals surface area (Å²) >= 11 is 0. The van der Waals surface area contributed by atoms with Gasteiger partial charge in [0.05, 0.1) is 11.1 Å². The first kappa shape index (κ1) is 18.2. The molecule has 1 amide bonds. The lowest BCUT2D eigenvalue weighted by Gasteiger charge is -2.12. The van der Waals surface area contributed by atoms with Crippen LogP contribution in [0.1, 0.15) is 15.9 Å². The van der Waals surface area contributed by atoms with E-state index in [0.29, 0.717) is 6.07 Å². The summed E-state index contributed by atoms with van der Waals surface area (Å²) in [4.78, 5) is 12.0. The van der Waals surface area contributed by atoms with Gasteiger partial charge in [-0.1, -0.05) is 0 Å². The summed E-state index contributed by atoms with van der Waals surface area (Å²) in [5.74, 6) is -3.16. The molecule has 25 heavy (non-hydrogen) atoms.